The van der Waals surface area contributed by atoms with Crippen molar-refractivity contribution in [3.63, 3.8) is 0 Å². The Labute approximate surface area is 107 Å². The lowest BCUT2D eigenvalue weighted by Crippen LogP contribution is -2.12. The predicted octanol–water partition coefficient (Wildman–Crippen LogP) is 3.18. The van der Waals surface area contributed by atoms with Crippen LogP contribution in [-0.2, 0) is 0 Å². The molecule has 0 fully saturated rings. The van der Waals surface area contributed by atoms with Crippen LogP contribution in [0, 0.1) is 13.8 Å². The van der Waals surface area contributed by atoms with Crippen LogP contribution in [0.5, 0.6) is 0 Å². The maximum atomic E-state index is 11.7. The molecule has 0 aliphatic carbocycles. The van der Waals surface area contributed by atoms with E-state index in [4.69, 9.17) is 0 Å². The molecule has 0 aliphatic rings. The molecular weight excluding hydrogens is 224 g/mol. The number of benzene rings is 1. The quantitative estimate of drug-likeness (QED) is 0.879. The first-order valence-corrected chi connectivity index (χ1v) is 6.17. The smallest absolute Gasteiger partial charge is 0.251 e. The number of hydrogen-bond donors (Lipinski definition) is 1. The Morgan fingerprint density at radius 2 is 1.94 bits per heavy atom. The molecule has 3 heteroatoms. The predicted molar refractivity (Wildman–Crippen MR) is 73.9 cm³/mol. The fourth-order valence-electron chi connectivity index (χ4n) is 1.92. The maximum absolute atomic E-state index is 11.7. The molecule has 0 unspecified atom stereocenters. The number of nitrogens with one attached hydrogen (secondary N) is 1. The van der Waals surface area contributed by atoms with Gasteiger partial charge in [-0.2, -0.15) is 0 Å². The Bertz CT molecular complexity index is 627. The van der Waals surface area contributed by atoms with Crippen molar-refractivity contribution in [1.29, 1.82) is 0 Å². The summed E-state index contributed by atoms with van der Waals surface area (Å²) in [7, 11) is 0. The lowest BCUT2D eigenvalue weighted by molar-refractivity contribution is 0.768. The summed E-state index contributed by atoms with van der Waals surface area (Å²) in [6, 6.07) is 7.63. The van der Waals surface area contributed by atoms with Gasteiger partial charge >= 0.3 is 0 Å². The summed E-state index contributed by atoms with van der Waals surface area (Å²) in [6.45, 7) is 8.16. The number of aromatic amines is 1. The highest BCUT2D eigenvalue weighted by Crippen LogP contribution is 2.23. The molecule has 0 radical (unpaired) electrons. The lowest BCUT2D eigenvalue weighted by Gasteiger charge is -2.10. The van der Waals surface area contributed by atoms with E-state index in [2.05, 4.69) is 29.9 Å². The van der Waals surface area contributed by atoms with Crippen molar-refractivity contribution in [3.8, 4) is 11.3 Å². The van der Waals surface area contributed by atoms with Crippen molar-refractivity contribution in [1.82, 2.24) is 9.97 Å². The Morgan fingerprint density at radius 3 is 2.61 bits per heavy atom. The van der Waals surface area contributed by atoms with Crippen LogP contribution < -0.4 is 5.56 Å². The molecule has 0 bridgehead atoms. The van der Waals surface area contributed by atoms with E-state index in [-0.39, 0.29) is 11.5 Å². The molecule has 0 spiro atoms. The largest absolute Gasteiger partial charge is 0.310 e. The molecule has 0 amide bonds. The van der Waals surface area contributed by atoms with Gasteiger partial charge in [0.15, 0.2) is 0 Å². The van der Waals surface area contributed by atoms with Gasteiger partial charge in [-0.05, 0) is 25.0 Å². The summed E-state index contributed by atoms with van der Waals surface area (Å²) in [6.07, 6.45) is 0. The Morgan fingerprint density at radius 1 is 1.22 bits per heavy atom. The van der Waals surface area contributed by atoms with Crippen LogP contribution in [-0.4, -0.2) is 9.97 Å². The molecule has 1 heterocycles. The van der Waals surface area contributed by atoms with Crippen LogP contribution in [0.2, 0.25) is 0 Å². The summed E-state index contributed by atoms with van der Waals surface area (Å²) in [5, 5.41) is 0. The van der Waals surface area contributed by atoms with Gasteiger partial charge in [0, 0.05) is 17.5 Å². The van der Waals surface area contributed by atoms with Gasteiger partial charge < -0.3 is 4.98 Å². The average Bonchev–Trinajstić information content (AvgIpc) is 2.31. The lowest BCUT2D eigenvalue weighted by atomic mass is 10.0. The number of hydrogen-bond acceptors (Lipinski definition) is 2. The monoisotopic (exact) mass is 242 g/mol. The molecule has 1 aromatic heterocycles. The number of aromatic nitrogens is 2. The average molecular weight is 242 g/mol. The molecule has 2 rings (SSSR count). The second-order valence-electron chi connectivity index (χ2n) is 4.92. The highest BCUT2D eigenvalue weighted by atomic mass is 16.1. The van der Waals surface area contributed by atoms with Crippen molar-refractivity contribution in [2.24, 2.45) is 0 Å². The number of aryl methyl sites for hydroxylation is 1. The molecule has 3 nitrogen and oxygen atoms in total. The minimum Gasteiger partial charge on any atom is -0.310 e. The minimum absolute atomic E-state index is 0.0930. The van der Waals surface area contributed by atoms with Gasteiger partial charge in [0.1, 0.15) is 5.82 Å². The highest BCUT2D eigenvalue weighted by Gasteiger charge is 2.09. The standard InChI is InChI=1S/C15H18N2O/c1-9(2)15-16-13(8-14(18)17-15)12-7-5-6-10(3)11(12)4/h5-9H,1-4H3,(H,16,17,18). The number of nitrogens with zero attached hydrogens (tertiary/aromatic N) is 1. The molecule has 1 aromatic carbocycles. The Hall–Kier alpha value is -1.90. The molecule has 18 heavy (non-hydrogen) atoms. The molecule has 94 valence electrons. The fourth-order valence-corrected chi connectivity index (χ4v) is 1.92. The van der Waals surface area contributed by atoms with Crippen molar-refractivity contribution < 1.29 is 0 Å². The third-order valence-corrected chi connectivity index (χ3v) is 3.19. The zero-order chi connectivity index (χ0) is 13.3. The Kier molecular flexibility index (Phi) is 3.32. The Balaban J connectivity index is 2.64. The third-order valence-electron chi connectivity index (χ3n) is 3.19. The zero-order valence-electron chi connectivity index (χ0n) is 11.2. The van der Waals surface area contributed by atoms with E-state index in [1.165, 1.54) is 11.1 Å². The number of H-pyrrole nitrogens is 1. The van der Waals surface area contributed by atoms with Gasteiger partial charge in [0.2, 0.25) is 0 Å². The molecule has 0 saturated carbocycles. The SMILES string of the molecule is Cc1cccc(-c2cc(=O)[nH]c(C(C)C)n2)c1C. The summed E-state index contributed by atoms with van der Waals surface area (Å²) >= 11 is 0. The van der Waals surface area contributed by atoms with Crippen LogP contribution in [0.3, 0.4) is 0 Å². The summed E-state index contributed by atoms with van der Waals surface area (Å²) in [4.78, 5) is 19.0. The van der Waals surface area contributed by atoms with Gasteiger partial charge in [0.05, 0.1) is 5.69 Å². The van der Waals surface area contributed by atoms with Gasteiger partial charge in [-0.3, -0.25) is 4.79 Å². The topological polar surface area (TPSA) is 45.8 Å². The van der Waals surface area contributed by atoms with Crippen molar-refractivity contribution in [3.05, 3.63) is 51.6 Å². The van der Waals surface area contributed by atoms with E-state index in [9.17, 15) is 4.79 Å². The molecular formula is C15H18N2O. The van der Waals surface area contributed by atoms with E-state index >= 15 is 0 Å². The summed E-state index contributed by atoms with van der Waals surface area (Å²) in [5.41, 5.74) is 4.07. The highest BCUT2D eigenvalue weighted by molar-refractivity contribution is 5.64. The molecule has 0 saturated heterocycles. The van der Waals surface area contributed by atoms with Crippen LogP contribution in [0.15, 0.2) is 29.1 Å². The normalized spacial score (nSPS) is 10.9. The first kappa shape index (κ1) is 12.6. The molecule has 0 atom stereocenters. The van der Waals surface area contributed by atoms with Crippen LogP contribution in [0.4, 0.5) is 0 Å². The van der Waals surface area contributed by atoms with Gasteiger partial charge in [-0.25, -0.2) is 4.98 Å². The van der Waals surface area contributed by atoms with Crippen LogP contribution >= 0.6 is 0 Å². The zero-order valence-corrected chi connectivity index (χ0v) is 11.2. The van der Waals surface area contributed by atoms with E-state index < -0.39 is 0 Å². The van der Waals surface area contributed by atoms with Crippen molar-refractivity contribution >= 4 is 0 Å². The van der Waals surface area contributed by atoms with Crippen LogP contribution in [0.25, 0.3) is 11.3 Å². The second kappa shape index (κ2) is 4.77. The second-order valence-corrected chi connectivity index (χ2v) is 4.92. The maximum Gasteiger partial charge on any atom is 0.251 e. The van der Waals surface area contributed by atoms with Gasteiger partial charge in [-0.15, -0.1) is 0 Å². The van der Waals surface area contributed by atoms with Crippen molar-refractivity contribution in [2.75, 3.05) is 0 Å². The van der Waals surface area contributed by atoms with E-state index in [0.29, 0.717) is 0 Å². The van der Waals surface area contributed by atoms with E-state index in [1.54, 1.807) is 6.07 Å². The van der Waals surface area contributed by atoms with Crippen LogP contribution in [0.1, 0.15) is 36.7 Å². The van der Waals surface area contributed by atoms with Gasteiger partial charge in [0.25, 0.3) is 5.56 Å². The van der Waals surface area contributed by atoms with Gasteiger partial charge in [-0.1, -0.05) is 32.0 Å². The first-order valence-electron chi connectivity index (χ1n) is 6.17. The first-order chi connectivity index (χ1) is 8.49. The van der Waals surface area contributed by atoms with E-state index in [1.807, 2.05) is 26.0 Å². The number of rotatable bonds is 2. The van der Waals surface area contributed by atoms with Crippen molar-refractivity contribution in [2.45, 2.75) is 33.6 Å². The molecule has 0 aliphatic heterocycles. The summed E-state index contributed by atoms with van der Waals surface area (Å²) in [5.74, 6) is 0.946. The van der Waals surface area contributed by atoms with E-state index in [0.717, 1.165) is 17.1 Å². The molecule has 1 N–H and O–H groups in total. The molecule has 2 aromatic rings. The summed E-state index contributed by atoms with van der Waals surface area (Å²) < 4.78 is 0. The fraction of sp³-hybridized carbons (Fsp3) is 0.333. The third kappa shape index (κ3) is 2.35. The minimum atomic E-state index is -0.0930.